The number of rotatable bonds is 6. The molecule has 0 saturated carbocycles. The minimum atomic E-state index is -0.420. The molecule has 0 aromatic heterocycles. The van der Waals surface area contributed by atoms with E-state index in [4.69, 9.17) is 11.0 Å². The third-order valence-corrected chi connectivity index (χ3v) is 2.85. The molecule has 0 aliphatic heterocycles. The highest BCUT2D eigenvalue weighted by Gasteiger charge is 2.16. The van der Waals surface area contributed by atoms with Gasteiger partial charge in [-0.1, -0.05) is 13.8 Å². The molecule has 4 heteroatoms. The van der Waals surface area contributed by atoms with Crippen LogP contribution in [0.5, 0.6) is 0 Å². The van der Waals surface area contributed by atoms with Gasteiger partial charge in [-0.3, -0.25) is 4.79 Å². The molecule has 0 heterocycles. The Balaban J connectivity index is 2.53. The summed E-state index contributed by atoms with van der Waals surface area (Å²) in [5, 5.41) is 11.9. The molecule has 18 heavy (non-hydrogen) atoms. The van der Waals surface area contributed by atoms with E-state index in [9.17, 15) is 4.79 Å². The Morgan fingerprint density at radius 2 is 2.00 bits per heavy atom. The normalized spacial score (nSPS) is 10.7. The van der Waals surface area contributed by atoms with Crippen molar-refractivity contribution in [2.45, 2.75) is 26.7 Å². The van der Waals surface area contributed by atoms with Crippen molar-refractivity contribution in [1.29, 1.82) is 5.26 Å². The van der Waals surface area contributed by atoms with Gasteiger partial charge in [0, 0.05) is 24.2 Å². The first kappa shape index (κ1) is 14.0. The number of hydrogen-bond donors (Lipinski definition) is 2. The molecule has 0 spiro atoms. The van der Waals surface area contributed by atoms with E-state index in [0.29, 0.717) is 12.0 Å². The molecular weight excluding hydrogens is 226 g/mol. The molecule has 0 saturated heterocycles. The quantitative estimate of drug-likeness (QED) is 0.808. The number of carbonyl (C=O) groups excluding carboxylic acids is 1. The van der Waals surface area contributed by atoms with Gasteiger partial charge in [-0.05, 0) is 36.1 Å². The molecule has 96 valence electrons. The number of amides is 1. The van der Waals surface area contributed by atoms with Crippen molar-refractivity contribution in [3.8, 4) is 6.07 Å². The maximum atomic E-state index is 10.9. The number of nitrogens with two attached hydrogens (primary N) is 1. The molecule has 0 bridgehead atoms. The van der Waals surface area contributed by atoms with Gasteiger partial charge in [-0.15, -0.1) is 0 Å². The van der Waals surface area contributed by atoms with Gasteiger partial charge in [0.2, 0.25) is 5.91 Å². The summed E-state index contributed by atoms with van der Waals surface area (Å²) in [7, 11) is 0. The van der Waals surface area contributed by atoms with Crippen LogP contribution in [0, 0.1) is 16.7 Å². The fourth-order valence-electron chi connectivity index (χ4n) is 1.58. The summed E-state index contributed by atoms with van der Waals surface area (Å²) in [5.74, 6) is -0.420. The molecule has 0 aliphatic carbocycles. The second-order valence-electron chi connectivity index (χ2n) is 5.12. The van der Waals surface area contributed by atoms with Gasteiger partial charge < -0.3 is 11.1 Å². The highest BCUT2D eigenvalue weighted by Crippen LogP contribution is 2.22. The number of anilines is 1. The minimum absolute atomic E-state index is 0.0675. The molecule has 0 atom stereocenters. The number of primary amides is 1. The van der Waals surface area contributed by atoms with Crippen molar-refractivity contribution in [3.05, 3.63) is 29.8 Å². The second-order valence-corrected chi connectivity index (χ2v) is 5.12. The topological polar surface area (TPSA) is 78.9 Å². The van der Waals surface area contributed by atoms with E-state index in [1.165, 1.54) is 0 Å². The van der Waals surface area contributed by atoms with E-state index >= 15 is 0 Å². The van der Waals surface area contributed by atoms with E-state index in [2.05, 4.69) is 25.2 Å². The van der Waals surface area contributed by atoms with Crippen molar-refractivity contribution in [3.63, 3.8) is 0 Å². The van der Waals surface area contributed by atoms with Crippen molar-refractivity contribution < 1.29 is 4.79 Å². The lowest BCUT2D eigenvalue weighted by Crippen LogP contribution is -2.23. The number of benzene rings is 1. The molecule has 0 fully saturated rings. The number of carbonyl (C=O) groups is 1. The standard InChI is InChI=1S/C14H19N3O/c1-14(2,8-3-9-15)10-17-12-6-4-11(5-7-12)13(16)18/h4-7,17H,3,8,10H2,1-2H3,(H2,16,18). The average Bonchev–Trinajstić information content (AvgIpc) is 2.35. The average molecular weight is 245 g/mol. The summed E-state index contributed by atoms with van der Waals surface area (Å²) in [5.41, 5.74) is 6.69. The summed E-state index contributed by atoms with van der Waals surface area (Å²) in [4.78, 5) is 10.9. The summed E-state index contributed by atoms with van der Waals surface area (Å²) in [6, 6.07) is 9.23. The van der Waals surface area contributed by atoms with Crippen LogP contribution in [0.2, 0.25) is 0 Å². The van der Waals surface area contributed by atoms with Crippen molar-refractivity contribution in [2.24, 2.45) is 11.1 Å². The molecule has 1 aromatic carbocycles. The summed E-state index contributed by atoms with van der Waals surface area (Å²) < 4.78 is 0. The van der Waals surface area contributed by atoms with Crippen molar-refractivity contribution in [2.75, 3.05) is 11.9 Å². The molecule has 1 rings (SSSR count). The number of nitriles is 1. The Kier molecular flexibility index (Phi) is 4.73. The lowest BCUT2D eigenvalue weighted by molar-refractivity contribution is 0.100. The van der Waals surface area contributed by atoms with Gasteiger partial charge in [0.1, 0.15) is 0 Å². The molecule has 1 aromatic rings. The van der Waals surface area contributed by atoms with Crippen LogP contribution in [0.1, 0.15) is 37.0 Å². The van der Waals surface area contributed by atoms with Gasteiger partial charge in [-0.2, -0.15) is 5.26 Å². The maximum absolute atomic E-state index is 10.9. The number of hydrogen-bond acceptors (Lipinski definition) is 3. The predicted octanol–water partition coefficient (Wildman–Crippen LogP) is 2.53. The van der Waals surface area contributed by atoms with Gasteiger partial charge in [0.05, 0.1) is 6.07 Å². The Bertz CT molecular complexity index is 443. The Morgan fingerprint density at radius 1 is 1.39 bits per heavy atom. The first-order chi connectivity index (χ1) is 8.44. The third kappa shape index (κ3) is 4.46. The largest absolute Gasteiger partial charge is 0.385 e. The number of nitrogens with one attached hydrogen (secondary N) is 1. The zero-order chi connectivity index (χ0) is 13.6. The van der Waals surface area contributed by atoms with Crippen LogP contribution in [-0.2, 0) is 0 Å². The van der Waals surface area contributed by atoms with E-state index in [0.717, 1.165) is 18.7 Å². The van der Waals surface area contributed by atoms with Gasteiger partial charge in [0.25, 0.3) is 0 Å². The summed E-state index contributed by atoms with van der Waals surface area (Å²) in [6.07, 6.45) is 1.42. The molecular formula is C14H19N3O. The van der Waals surface area contributed by atoms with E-state index in [1.54, 1.807) is 12.1 Å². The minimum Gasteiger partial charge on any atom is -0.385 e. The van der Waals surface area contributed by atoms with Crippen molar-refractivity contribution >= 4 is 11.6 Å². The molecule has 4 nitrogen and oxygen atoms in total. The third-order valence-electron chi connectivity index (χ3n) is 2.85. The molecule has 0 aliphatic rings. The van der Waals surface area contributed by atoms with Crippen LogP contribution in [-0.4, -0.2) is 12.5 Å². The van der Waals surface area contributed by atoms with Crippen LogP contribution < -0.4 is 11.1 Å². The Hall–Kier alpha value is -2.02. The second kappa shape index (κ2) is 6.06. The lowest BCUT2D eigenvalue weighted by atomic mass is 9.88. The van der Waals surface area contributed by atoms with E-state index in [-0.39, 0.29) is 5.41 Å². The SMILES string of the molecule is CC(C)(CCC#N)CNc1ccc(C(N)=O)cc1. The highest BCUT2D eigenvalue weighted by atomic mass is 16.1. The fourth-order valence-corrected chi connectivity index (χ4v) is 1.58. The van der Waals surface area contributed by atoms with Crippen LogP contribution in [0.15, 0.2) is 24.3 Å². The maximum Gasteiger partial charge on any atom is 0.248 e. The molecule has 3 N–H and O–H groups in total. The van der Waals surface area contributed by atoms with Crippen LogP contribution >= 0.6 is 0 Å². The summed E-state index contributed by atoms with van der Waals surface area (Å²) in [6.45, 7) is 5.02. The zero-order valence-corrected chi connectivity index (χ0v) is 10.9. The van der Waals surface area contributed by atoms with Crippen LogP contribution in [0.4, 0.5) is 5.69 Å². The smallest absolute Gasteiger partial charge is 0.248 e. The Labute approximate surface area is 108 Å². The highest BCUT2D eigenvalue weighted by molar-refractivity contribution is 5.93. The van der Waals surface area contributed by atoms with Gasteiger partial charge in [-0.25, -0.2) is 0 Å². The van der Waals surface area contributed by atoms with Crippen LogP contribution in [0.3, 0.4) is 0 Å². The molecule has 0 radical (unpaired) electrons. The predicted molar refractivity (Wildman–Crippen MR) is 72.1 cm³/mol. The molecule has 1 amide bonds. The monoisotopic (exact) mass is 245 g/mol. The number of nitrogens with zero attached hydrogens (tertiary/aromatic N) is 1. The van der Waals surface area contributed by atoms with Gasteiger partial charge >= 0.3 is 0 Å². The fraction of sp³-hybridized carbons (Fsp3) is 0.429. The van der Waals surface area contributed by atoms with Gasteiger partial charge in [0.15, 0.2) is 0 Å². The van der Waals surface area contributed by atoms with Crippen molar-refractivity contribution in [1.82, 2.24) is 0 Å². The summed E-state index contributed by atoms with van der Waals surface area (Å²) >= 11 is 0. The van der Waals surface area contributed by atoms with E-state index in [1.807, 2.05) is 12.1 Å². The first-order valence-corrected chi connectivity index (χ1v) is 5.95. The zero-order valence-electron chi connectivity index (χ0n) is 10.9. The lowest BCUT2D eigenvalue weighted by Gasteiger charge is -2.24. The van der Waals surface area contributed by atoms with E-state index < -0.39 is 5.91 Å². The first-order valence-electron chi connectivity index (χ1n) is 5.95. The van der Waals surface area contributed by atoms with Crippen LogP contribution in [0.25, 0.3) is 0 Å². The molecule has 0 unspecified atom stereocenters. The Morgan fingerprint density at radius 3 is 2.50 bits per heavy atom.